The van der Waals surface area contributed by atoms with Crippen molar-refractivity contribution in [2.45, 2.75) is 6.92 Å². The van der Waals surface area contributed by atoms with Gasteiger partial charge in [0.2, 0.25) is 0 Å². The number of nitrogens with zero attached hydrogens (tertiary/aromatic N) is 3. The zero-order chi connectivity index (χ0) is 12.8. The van der Waals surface area contributed by atoms with E-state index in [0.717, 1.165) is 0 Å². The van der Waals surface area contributed by atoms with E-state index < -0.39 is 5.91 Å². The number of anilines is 1. The van der Waals surface area contributed by atoms with Gasteiger partial charge in [0.1, 0.15) is 5.71 Å². The van der Waals surface area contributed by atoms with Gasteiger partial charge >= 0.3 is 0 Å². The molecule has 0 bridgehead atoms. The number of para-hydroxylation sites is 1. The lowest BCUT2D eigenvalue weighted by atomic mass is 10.2. The lowest BCUT2D eigenvalue weighted by molar-refractivity contribution is -0.112. The molecule has 2 N–H and O–H groups in total. The average molecular weight is 235 g/mol. The highest BCUT2D eigenvalue weighted by Crippen LogP contribution is 2.11. The highest BCUT2D eigenvalue weighted by atomic mass is 16.4. The summed E-state index contributed by atoms with van der Waals surface area (Å²) in [6.45, 7) is 1.37. The first kappa shape index (κ1) is 12.7. The van der Waals surface area contributed by atoms with Gasteiger partial charge in [0.15, 0.2) is 5.71 Å². The van der Waals surface area contributed by atoms with Crippen molar-refractivity contribution < 1.29 is 15.2 Å². The van der Waals surface area contributed by atoms with Gasteiger partial charge < -0.3 is 15.3 Å². The van der Waals surface area contributed by atoms with Crippen LogP contribution in [0, 0.1) is 0 Å². The molecule has 0 spiro atoms. The molecule has 0 unspecified atom stereocenters. The lowest BCUT2D eigenvalue weighted by Crippen LogP contribution is -2.36. The van der Waals surface area contributed by atoms with Crippen LogP contribution < -0.4 is 4.90 Å². The molecule has 1 rings (SSSR count). The van der Waals surface area contributed by atoms with Gasteiger partial charge in [0.05, 0.1) is 0 Å². The predicted octanol–water partition coefficient (Wildman–Crippen LogP) is 1.33. The highest BCUT2D eigenvalue weighted by Gasteiger charge is 2.21. The molecule has 0 aromatic heterocycles. The standard InChI is InChI=1S/C11H13N3O3/c1-8(12-16)10(13-17)11(15)14(2)9-6-4-3-5-7-9/h3-7,16-17H,1-2H3/b12-8+,13-10+. The number of hydrogen-bond acceptors (Lipinski definition) is 5. The fraction of sp³-hybridized carbons (Fsp3) is 0.182. The Morgan fingerprint density at radius 3 is 2.24 bits per heavy atom. The van der Waals surface area contributed by atoms with Gasteiger partial charge in [-0.25, -0.2) is 0 Å². The fourth-order valence-corrected chi connectivity index (χ4v) is 1.24. The number of amides is 1. The van der Waals surface area contributed by atoms with Gasteiger partial charge in [0, 0.05) is 12.7 Å². The van der Waals surface area contributed by atoms with Crippen LogP contribution in [0.1, 0.15) is 6.92 Å². The Bertz CT molecular complexity index is 454. The first-order valence-corrected chi connectivity index (χ1v) is 4.86. The third-order valence-corrected chi connectivity index (χ3v) is 2.24. The Labute approximate surface area is 98.5 Å². The Hall–Kier alpha value is -2.37. The van der Waals surface area contributed by atoms with E-state index in [-0.39, 0.29) is 11.4 Å². The maximum Gasteiger partial charge on any atom is 0.282 e. The molecule has 90 valence electrons. The van der Waals surface area contributed by atoms with E-state index in [1.54, 1.807) is 24.3 Å². The second kappa shape index (κ2) is 5.64. The fourth-order valence-electron chi connectivity index (χ4n) is 1.24. The van der Waals surface area contributed by atoms with E-state index in [9.17, 15) is 4.79 Å². The van der Waals surface area contributed by atoms with E-state index >= 15 is 0 Å². The van der Waals surface area contributed by atoms with Crippen LogP contribution in [0.4, 0.5) is 5.69 Å². The lowest BCUT2D eigenvalue weighted by Gasteiger charge is -2.17. The van der Waals surface area contributed by atoms with Crippen LogP contribution in [0.5, 0.6) is 0 Å². The van der Waals surface area contributed by atoms with E-state index in [2.05, 4.69) is 10.3 Å². The van der Waals surface area contributed by atoms with Gasteiger partial charge in [-0.2, -0.15) is 0 Å². The van der Waals surface area contributed by atoms with Crippen molar-refractivity contribution in [3.63, 3.8) is 0 Å². The van der Waals surface area contributed by atoms with E-state index in [1.165, 1.54) is 18.9 Å². The molecule has 0 saturated carbocycles. The average Bonchev–Trinajstić information content (AvgIpc) is 2.39. The van der Waals surface area contributed by atoms with Gasteiger partial charge in [-0.05, 0) is 19.1 Å². The van der Waals surface area contributed by atoms with Crippen molar-refractivity contribution in [1.29, 1.82) is 0 Å². The van der Waals surface area contributed by atoms with Gasteiger partial charge in [-0.1, -0.05) is 28.5 Å². The molecule has 0 aliphatic carbocycles. The van der Waals surface area contributed by atoms with Gasteiger partial charge in [0.25, 0.3) is 5.91 Å². The number of carbonyl (C=O) groups excluding carboxylic acids is 1. The van der Waals surface area contributed by atoms with Crippen molar-refractivity contribution in [3.8, 4) is 0 Å². The summed E-state index contributed by atoms with van der Waals surface area (Å²) in [6, 6.07) is 8.85. The van der Waals surface area contributed by atoms with E-state index in [0.29, 0.717) is 5.69 Å². The summed E-state index contributed by atoms with van der Waals surface area (Å²) in [5.41, 5.74) is 0.281. The van der Waals surface area contributed by atoms with Crippen molar-refractivity contribution in [3.05, 3.63) is 30.3 Å². The second-order valence-corrected chi connectivity index (χ2v) is 3.33. The third-order valence-electron chi connectivity index (χ3n) is 2.24. The van der Waals surface area contributed by atoms with Gasteiger partial charge in [-0.3, -0.25) is 4.79 Å². The number of benzene rings is 1. The quantitative estimate of drug-likeness (QED) is 0.471. The zero-order valence-electron chi connectivity index (χ0n) is 9.53. The summed E-state index contributed by atoms with van der Waals surface area (Å²) in [4.78, 5) is 13.2. The SMILES string of the molecule is CC(=N\O)/C(=N\O)C(=O)N(C)c1ccccc1. The molecule has 6 nitrogen and oxygen atoms in total. The Morgan fingerprint density at radius 2 is 1.76 bits per heavy atom. The predicted molar refractivity (Wildman–Crippen MR) is 64.0 cm³/mol. The maximum atomic E-state index is 11.9. The molecule has 17 heavy (non-hydrogen) atoms. The minimum Gasteiger partial charge on any atom is -0.411 e. The molecular weight excluding hydrogens is 222 g/mol. The molecule has 0 aliphatic heterocycles. The zero-order valence-corrected chi connectivity index (χ0v) is 9.53. The second-order valence-electron chi connectivity index (χ2n) is 3.33. The number of hydrogen-bond donors (Lipinski definition) is 2. The molecule has 1 amide bonds. The van der Waals surface area contributed by atoms with Crippen LogP contribution in [-0.2, 0) is 4.79 Å². The number of rotatable bonds is 3. The monoisotopic (exact) mass is 235 g/mol. The summed E-state index contributed by atoms with van der Waals surface area (Å²) in [7, 11) is 1.54. The summed E-state index contributed by atoms with van der Waals surface area (Å²) < 4.78 is 0. The van der Waals surface area contributed by atoms with E-state index in [1.807, 2.05) is 6.07 Å². The Balaban J connectivity index is 2.98. The summed E-state index contributed by atoms with van der Waals surface area (Å²) in [5.74, 6) is -0.561. The molecule has 0 atom stereocenters. The van der Waals surface area contributed by atoms with Crippen LogP contribution >= 0.6 is 0 Å². The summed E-state index contributed by atoms with van der Waals surface area (Å²) in [6.07, 6.45) is 0. The van der Waals surface area contributed by atoms with Crippen LogP contribution in [-0.4, -0.2) is 34.8 Å². The molecule has 6 heteroatoms. The van der Waals surface area contributed by atoms with Crippen molar-refractivity contribution in [1.82, 2.24) is 0 Å². The molecule has 0 aliphatic rings. The Kier molecular flexibility index (Phi) is 4.21. The largest absolute Gasteiger partial charge is 0.411 e. The molecule has 0 radical (unpaired) electrons. The molecule has 1 aromatic rings. The smallest absolute Gasteiger partial charge is 0.282 e. The van der Waals surface area contributed by atoms with Crippen LogP contribution in [0.2, 0.25) is 0 Å². The van der Waals surface area contributed by atoms with Crippen molar-refractivity contribution in [2.24, 2.45) is 10.3 Å². The molecule has 0 heterocycles. The summed E-state index contributed by atoms with van der Waals surface area (Å²) in [5, 5.41) is 23.0. The van der Waals surface area contributed by atoms with Crippen molar-refractivity contribution in [2.75, 3.05) is 11.9 Å². The minimum absolute atomic E-state index is 0.0553. The normalized spacial score (nSPS) is 12.4. The Morgan fingerprint density at radius 1 is 1.18 bits per heavy atom. The highest BCUT2D eigenvalue weighted by molar-refractivity contribution is 6.68. The summed E-state index contributed by atoms with van der Waals surface area (Å²) >= 11 is 0. The van der Waals surface area contributed by atoms with Gasteiger partial charge in [-0.15, -0.1) is 0 Å². The maximum absolute atomic E-state index is 11.9. The first-order chi connectivity index (χ1) is 8.11. The van der Waals surface area contributed by atoms with Crippen LogP contribution in [0.3, 0.4) is 0 Å². The molecule has 0 fully saturated rings. The number of oxime groups is 2. The molecule has 1 aromatic carbocycles. The number of carbonyl (C=O) groups is 1. The molecule has 0 saturated heterocycles. The minimum atomic E-state index is -0.561. The molecular formula is C11H13N3O3. The third kappa shape index (κ3) is 2.81. The topological polar surface area (TPSA) is 85.5 Å². The van der Waals surface area contributed by atoms with E-state index in [4.69, 9.17) is 10.4 Å². The van der Waals surface area contributed by atoms with Crippen LogP contribution in [0.25, 0.3) is 0 Å². The first-order valence-electron chi connectivity index (χ1n) is 4.86. The van der Waals surface area contributed by atoms with Crippen molar-refractivity contribution >= 4 is 23.0 Å². The van der Waals surface area contributed by atoms with Crippen LogP contribution in [0.15, 0.2) is 40.6 Å².